The normalized spacial score (nSPS) is 46.9. The fourth-order valence-electron chi connectivity index (χ4n) is 9.46. The third-order valence-corrected chi connectivity index (χ3v) is 11.6. The number of carbonyl (C=O) groups is 1. The number of ether oxygens (including phenoxy) is 1. The van der Waals surface area contributed by atoms with E-state index >= 15 is 0 Å². The number of hydrogen-bond donors (Lipinski definition) is 2. The molecule has 0 aliphatic heterocycles. The Morgan fingerprint density at radius 2 is 1.79 bits per heavy atom. The summed E-state index contributed by atoms with van der Waals surface area (Å²) in [5.74, 6) is 3.19. The average Bonchev–Trinajstić information content (AvgIpc) is 3.10. The van der Waals surface area contributed by atoms with E-state index < -0.39 is 17.8 Å². The quantitative estimate of drug-likeness (QED) is 0.351. The van der Waals surface area contributed by atoms with Crippen LogP contribution < -0.4 is 0 Å². The first kappa shape index (κ1) is 26.2. The Morgan fingerprint density at radius 3 is 2.44 bits per heavy atom. The van der Waals surface area contributed by atoms with Gasteiger partial charge in [0.25, 0.3) is 0 Å². The van der Waals surface area contributed by atoms with Gasteiger partial charge in [-0.05, 0) is 98.7 Å². The van der Waals surface area contributed by atoms with Gasteiger partial charge in [0.15, 0.2) is 0 Å². The molecule has 194 valence electrons. The van der Waals surface area contributed by atoms with E-state index in [0.29, 0.717) is 41.4 Å². The summed E-state index contributed by atoms with van der Waals surface area (Å²) in [7, 11) is 0. The summed E-state index contributed by atoms with van der Waals surface area (Å²) in [4.78, 5) is 12.1. The zero-order chi connectivity index (χ0) is 25.1. The van der Waals surface area contributed by atoms with Crippen LogP contribution >= 0.6 is 0 Å². The van der Waals surface area contributed by atoms with Gasteiger partial charge in [0, 0.05) is 18.8 Å². The van der Waals surface area contributed by atoms with Crippen LogP contribution in [-0.2, 0) is 9.53 Å². The maximum Gasteiger partial charge on any atom is 0.303 e. The van der Waals surface area contributed by atoms with E-state index in [1.165, 1.54) is 38.2 Å². The van der Waals surface area contributed by atoms with E-state index in [1.807, 2.05) is 0 Å². The highest BCUT2D eigenvalue weighted by molar-refractivity contribution is 5.66. The highest BCUT2D eigenvalue weighted by atomic mass is 16.6. The van der Waals surface area contributed by atoms with Crippen LogP contribution in [0.25, 0.3) is 0 Å². The molecular formula is C30H50O4. The lowest BCUT2D eigenvalue weighted by Gasteiger charge is -2.65. The minimum absolute atomic E-state index is 0.310. The zero-order valence-electron chi connectivity index (χ0n) is 22.6. The molecule has 4 rings (SSSR count). The van der Waals surface area contributed by atoms with Crippen molar-refractivity contribution in [2.45, 2.75) is 124 Å². The number of aliphatic hydroxyl groups is 2. The standard InChI is InChI=1S/C30H50O4/c1-18(2)19(3)8-9-20(4)24-10-11-25-23-16-27(34-21(5)31)30(33)17-22(32)12-15-29(30,7)26(23)13-14-28(24,25)6/h18,20,22-27,32-33H,3,8-17H2,1-2,4-7H3/t20-,22+,23+,24-,25+,26+,27-,28-,29-,30+/m1/s1. The van der Waals surface area contributed by atoms with Gasteiger partial charge in [-0.25, -0.2) is 0 Å². The maximum absolute atomic E-state index is 12.1. The molecule has 2 N–H and O–H groups in total. The van der Waals surface area contributed by atoms with E-state index in [9.17, 15) is 15.0 Å². The van der Waals surface area contributed by atoms with Gasteiger partial charge >= 0.3 is 5.97 Å². The monoisotopic (exact) mass is 474 g/mol. The summed E-state index contributed by atoms with van der Waals surface area (Å²) in [5.41, 5.74) is 0.252. The van der Waals surface area contributed by atoms with Gasteiger partial charge in [-0.15, -0.1) is 0 Å². The smallest absolute Gasteiger partial charge is 0.303 e. The molecule has 4 aliphatic carbocycles. The molecule has 4 heteroatoms. The van der Waals surface area contributed by atoms with Crippen molar-refractivity contribution in [3.63, 3.8) is 0 Å². The number of rotatable bonds is 6. The summed E-state index contributed by atoms with van der Waals surface area (Å²) in [6.07, 6.45) is 8.85. The molecule has 0 aromatic heterocycles. The first-order valence-electron chi connectivity index (χ1n) is 14.1. The van der Waals surface area contributed by atoms with Crippen molar-refractivity contribution in [1.82, 2.24) is 0 Å². The molecule has 0 radical (unpaired) electrons. The molecule has 4 nitrogen and oxygen atoms in total. The number of hydrogen-bond acceptors (Lipinski definition) is 4. The molecule has 4 fully saturated rings. The van der Waals surface area contributed by atoms with Crippen molar-refractivity contribution in [2.24, 2.45) is 46.3 Å². The van der Waals surface area contributed by atoms with Gasteiger partial charge in [0.1, 0.15) is 11.7 Å². The molecule has 0 unspecified atom stereocenters. The first-order valence-corrected chi connectivity index (χ1v) is 14.1. The molecule has 0 aromatic rings. The average molecular weight is 475 g/mol. The van der Waals surface area contributed by atoms with Gasteiger partial charge in [0.05, 0.1) is 6.10 Å². The van der Waals surface area contributed by atoms with Crippen molar-refractivity contribution in [3.05, 3.63) is 12.2 Å². The summed E-state index contributed by atoms with van der Waals surface area (Å²) < 4.78 is 5.86. The number of allylic oxidation sites excluding steroid dienone is 1. The molecule has 0 saturated heterocycles. The Morgan fingerprint density at radius 1 is 1.09 bits per heavy atom. The highest BCUT2D eigenvalue weighted by Crippen LogP contribution is 2.69. The first-order chi connectivity index (χ1) is 15.8. The Bertz CT molecular complexity index is 791. The van der Waals surface area contributed by atoms with Crippen LogP contribution in [0.2, 0.25) is 0 Å². The second-order valence-corrected chi connectivity index (χ2v) is 13.5. The van der Waals surface area contributed by atoms with Crippen LogP contribution in [0.4, 0.5) is 0 Å². The minimum atomic E-state index is -1.13. The third-order valence-electron chi connectivity index (χ3n) is 11.6. The van der Waals surface area contributed by atoms with Gasteiger partial charge in [-0.3, -0.25) is 4.79 Å². The molecule has 0 bridgehead atoms. The number of carbonyl (C=O) groups excluding carboxylic acids is 1. The summed E-state index contributed by atoms with van der Waals surface area (Å²) in [6.45, 7) is 17.5. The Kier molecular flexibility index (Phi) is 7.10. The predicted molar refractivity (Wildman–Crippen MR) is 136 cm³/mol. The van der Waals surface area contributed by atoms with Crippen LogP contribution in [-0.4, -0.2) is 34.0 Å². The molecule has 4 saturated carbocycles. The highest BCUT2D eigenvalue weighted by Gasteiger charge is 2.68. The van der Waals surface area contributed by atoms with Crippen molar-refractivity contribution in [1.29, 1.82) is 0 Å². The Labute approximate surface area is 207 Å². The molecule has 0 amide bonds. The molecule has 0 spiro atoms. The minimum Gasteiger partial charge on any atom is -0.459 e. The lowest BCUT2D eigenvalue weighted by molar-refractivity contribution is -0.269. The molecular weight excluding hydrogens is 424 g/mol. The van der Waals surface area contributed by atoms with Gasteiger partial charge in [0.2, 0.25) is 0 Å². The van der Waals surface area contributed by atoms with Crippen LogP contribution in [0.1, 0.15) is 106 Å². The Balaban J connectivity index is 1.58. The number of fused-ring (bicyclic) bond motifs is 5. The molecule has 4 aliphatic rings. The van der Waals surface area contributed by atoms with E-state index in [2.05, 4.69) is 41.2 Å². The second-order valence-electron chi connectivity index (χ2n) is 13.5. The summed E-state index contributed by atoms with van der Waals surface area (Å²) >= 11 is 0. The second kappa shape index (κ2) is 9.21. The largest absolute Gasteiger partial charge is 0.459 e. The van der Waals surface area contributed by atoms with Gasteiger partial charge < -0.3 is 14.9 Å². The Hall–Kier alpha value is -0.870. The SMILES string of the molecule is C=C(CC[C@@H](C)[C@H]1CC[C@H]2[C@@H]3C[C@@H](OC(C)=O)[C@@]4(O)C[C@@H](O)CC[C@]4(C)[C@H]3CC[C@]12C)C(C)C. The fraction of sp³-hybridized carbons (Fsp3) is 0.900. The van der Waals surface area contributed by atoms with E-state index in [1.54, 1.807) is 0 Å². The summed E-state index contributed by atoms with van der Waals surface area (Å²) in [5, 5.41) is 22.5. The molecule has 0 aromatic carbocycles. The van der Waals surface area contributed by atoms with Crippen molar-refractivity contribution in [2.75, 3.05) is 0 Å². The maximum atomic E-state index is 12.1. The lowest BCUT2D eigenvalue weighted by Crippen LogP contribution is -2.69. The van der Waals surface area contributed by atoms with Gasteiger partial charge in [-0.1, -0.05) is 46.8 Å². The summed E-state index contributed by atoms with van der Waals surface area (Å²) in [6, 6.07) is 0. The predicted octanol–water partition coefficient (Wildman–Crippen LogP) is 6.29. The van der Waals surface area contributed by atoms with Crippen molar-refractivity contribution < 1.29 is 19.7 Å². The van der Waals surface area contributed by atoms with Crippen LogP contribution in [0, 0.1) is 46.3 Å². The topological polar surface area (TPSA) is 66.8 Å². The van der Waals surface area contributed by atoms with Crippen molar-refractivity contribution >= 4 is 5.97 Å². The third kappa shape index (κ3) is 4.09. The van der Waals surface area contributed by atoms with Crippen molar-refractivity contribution in [3.8, 4) is 0 Å². The van der Waals surface area contributed by atoms with Crippen LogP contribution in [0.5, 0.6) is 0 Å². The molecule has 0 heterocycles. The van der Waals surface area contributed by atoms with Crippen LogP contribution in [0.3, 0.4) is 0 Å². The number of aliphatic hydroxyl groups excluding tert-OH is 1. The van der Waals surface area contributed by atoms with Gasteiger partial charge in [-0.2, -0.15) is 0 Å². The lowest BCUT2D eigenvalue weighted by atomic mass is 9.42. The van der Waals surface area contributed by atoms with Crippen LogP contribution in [0.15, 0.2) is 12.2 Å². The zero-order valence-corrected chi connectivity index (χ0v) is 22.6. The number of esters is 1. The molecule has 34 heavy (non-hydrogen) atoms. The van der Waals surface area contributed by atoms with E-state index in [0.717, 1.165) is 38.0 Å². The fourth-order valence-corrected chi connectivity index (χ4v) is 9.46. The van der Waals surface area contributed by atoms with E-state index in [4.69, 9.17) is 4.74 Å². The molecule has 10 atom stereocenters. The van der Waals surface area contributed by atoms with E-state index in [-0.39, 0.29) is 11.4 Å².